The Morgan fingerprint density at radius 3 is 2.65 bits per heavy atom. The number of halogens is 1. The first kappa shape index (κ1) is 14.9. The Bertz CT molecular complexity index is 599. The minimum Gasteiger partial charge on any atom is -0.380 e. The molecule has 0 aliphatic rings. The molecule has 2 N–H and O–H groups in total. The summed E-state index contributed by atoms with van der Waals surface area (Å²) in [6.45, 7) is 8.86. The number of hydrogen-bond donors (Lipinski definition) is 1. The zero-order valence-corrected chi connectivity index (χ0v) is 13.2. The first-order chi connectivity index (χ1) is 9.29. The van der Waals surface area contributed by atoms with Crippen LogP contribution in [0.5, 0.6) is 0 Å². The fourth-order valence-corrected chi connectivity index (χ4v) is 2.21. The van der Waals surface area contributed by atoms with Crippen LogP contribution in [0.25, 0.3) is 11.1 Å². The number of rotatable bonds is 3. The van der Waals surface area contributed by atoms with Crippen molar-refractivity contribution in [1.29, 1.82) is 0 Å². The van der Waals surface area contributed by atoms with Gasteiger partial charge in [0.25, 0.3) is 0 Å². The van der Waals surface area contributed by atoms with E-state index in [4.69, 9.17) is 21.9 Å². The van der Waals surface area contributed by atoms with Gasteiger partial charge in [-0.1, -0.05) is 56.6 Å². The molecule has 2 rings (SSSR count). The average Bonchev–Trinajstić information content (AvgIpc) is 2.69. The summed E-state index contributed by atoms with van der Waals surface area (Å²) in [4.78, 5) is 0. The second-order valence-corrected chi connectivity index (χ2v) is 6.78. The third-order valence-corrected chi connectivity index (χ3v) is 4.11. The molecule has 0 aliphatic heterocycles. The van der Waals surface area contributed by atoms with Gasteiger partial charge in [0.2, 0.25) is 0 Å². The molecule has 20 heavy (non-hydrogen) atoms. The molecule has 4 heteroatoms. The van der Waals surface area contributed by atoms with Crippen LogP contribution in [0, 0.1) is 11.3 Å². The third kappa shape index (κ3) is 3.15. The Labute approximate surface area is 125 Å². The highest BCUT2D eigenvalue weighted by atomic mass is 35.5. The Hall–Kier alpha value is -1.48. The lowest BCUT2D eigenvalue weighted by atomic mass is 9.79. The predicted octanol–water partition coefficient (Wildman–Crippen LogP) is 4.80. The summed E-state index contributed by atoms with van der Waals surface area (Å²) in [5.41, 5.74) is 7.98. The van der Waals surface area contributed by atoms with Crippen LogP contribution in [0.3, 0.4) is 0 Å². The maximum atomic E-state index is 6.05. The van der Waals surface area contributed by atoms with E-state index >= 15 is 0 Å². The van der Waals surface area contributed by atoms with E-state index in [1.165, 1.54) is 0 Å². The largest absolute Gasteiger partial charge is 0.380 e. The normalized spacial score (nSPS) is 13.4. The van der Waals surface area contributed by atoms with Crippen LogP contribution in [0.1, 0.15) is 33.5 Å². The van der Waals surface area contributed by atoms with Gasteiger partial charge < -0.3 is 10.3 Å². The quantitative estimate of drug-likeness (QED) is 0.884. The molecule has 3 nitrogen and oxygen atoms in total. The summed E-state index contributed by atoms with van der Waals surface area (Å²) in [5, 5.41) is 4.60. The van der Waals surface area contributed by atoms with Crippen molar-refractivity contribution in [2.45, 2.75) is 34.1 Å². The van der Waals surface area contributed by atoms with E-state index in [0.29, 0.717) is 16.8 Å². The van der Waals surface area contributed by atoms with Crippen molar-refractivity contribution in [1.82, 2.24) is 5.16 Å². The lowest BCUT2D eigenvalue weighted by molar-refractivity contribution is 0.240. The van der Waals surface area contributed by atoms with Gasteiger partial charge in [-0.3, -0.25) is 0 Å². The van der Waals surface area contributed by atoms with E-state index in [1.54, 1.807) is 0 Å². The molecule has 1 aromatic carbocycles. The molecule has 0 bridgehead atoms. The van der Waals surface area contributed by atoms with Gasteiger partial charge in [-0.25, -0.2) is 0 Å². The number of nitrogens with two attached hydrogens (primary N) is 1. The number of benzene rings is 1. The molecule has 0 saturated heterocycles. The highest BCUT2D eigenvalue weighted by Crippen LogP contribution is 2.35. The molecule has 0 radical (unpaired) electrons. The molecular formula is C16H21ClN2O. The van der Waals surface area contributed by atoms with Crippen molar-refractivity contribution in [3.63, 3.8) is 0 Å². The number of anilines is 1. The van der Waals surface area contributed by atoms with Crippen molar-refractivity contribution < 1.29 is 4.52 Å². The number of nitrogens with zero attached hydrogens (tertiary/aromatic N) is 1. The zero-order chi connectivity index (χ0) is 14.9. The maximum absolute atomic E-state index is 6.05. The van der Waals surface area contributed by atoms with Gasteiger partial charge in [-0.15, -0.1) is 0 Å². The van der Waals surface area contributed by atoms with Crippen LogP contribution in [-0.4, -0.2) is 5.16 Å². The molecule has 1 unspecified atom stereocenters. The SMILES string of the molecule is CC(Cc1onc(N)c1-c1cccc(Cl)c1)C(C)(C)C. The molecule has 1 heterocycles. The fourth-order valence-electron chi connectivity index (χ4n) is 2.01. The van der Waals surface area contributed by atoms with Crippen LogP contribution in [0.4, 0.5) is 5.82 Å². The highest BCUT2D eigenvalue weighted by molar-refractivity contribution is 6.30. The zero-order valence-electron chi connectivity index (χ0n) is 12.4. The highest BCUT2D eigenvalue weighted by Gasteiger charge is 2.25. The molecule has 1 atom stereocenters. The Morgan fingerprint density at radius 2 is 2.05 bits per heavy atom. The number of nitrogen functional groups attached to an aromatic ring is 1. The van der Waals surface area contributed by atoms with Crippen molar-refractivity contribution in [2.75, 3.05) is 5.73 Å². The van der Waals surface area contributed by atoms with Crippen LogP contribution in [0.15, 0.2) is 28.8 Å². The second kappa shape index (κ2) is 5.49. The smallest absolute Gasteiger partial charge is 0.175 e. The first-order valence-electron chi connectivity index (χ1n) is 6.79. The van der Waals surface area contributed by atoms with Gasteiger partial charge in [0.15, 0.2) is 5.82 Å². The Morgan fingerprint density at radius 1 is 1.35 bits per heavy atom. The van der Waals surface area contributed by atoms with E-state index in [1.807, 2.05) is 24.3 Å². The van der Waals surface area contributed by atoms with Crippen LogP contribution in [-0.2, 0) is 6.42 Å². The summed E-state index contributed by atoms with van der Waals surface area (Å²) < 4.78 is 5.44. The Kier molecular flexibility index (Phi) is 4.09. The molecule has 0 aliphatic carbocycles. The van der Waals surface area contributed by atoms with Gasteiger partial charge in [0.1, 0.15) is 5.76 Å². The fraction of sp³-hybridized carbons (Fsp3) is 0.438. The maximum Gasteiger partial charge on any atom is 0.175 e. The van der Waals surface area contributed by atoms with Gasteiger partial charge in [0, 0.05) is 11.4 Å². The Balaban J connectivity index is 2.38. The van der Waals surface area contributed by atoms with Crippen LogP contribution in [0.2, 0.25) is 5.02 Å². The summed E-state index contributed by atoms with van der Waals surface area (Å²) in [7, 11) is 0. The minimum absolute atomic E-state index is 0.202. The van der Waals surface area contributed by atoms with Gasteiger partial charge >= 0.3 is 0 Å². The van der Waals surface area contributed by atoms with Gasteiger partial charge in [0.05, 0.1) is 5.56 Å². The predicted molar refractivity (Wildman–Crippen MR) is 83.7 cm³/mol. The third-order valence-electron chi connectivity index (χ3n) is 3.87. The van der Waals surface area contributed by atoms with Crippen molar-refractivity contribution in [2.24, 2.45) is 11.3 Å². The second-order valence-electron chi connectivity index (χ2n) is 6.35. The molecule has 0 amide bonds. The molecule has 108 valence electrons. The average molecular weight is 293 g/mol. The van der Waals surface area contributed by atoms with Gasteiger partial charge in [-0.2, -0.15) is 0 Å². The molecule has 1 aromatic heterocycles. The van der Waals surface area contributed by atoms with Crippen LogP contribution >= 0.6 is 11.6 Å². The molecule has 2 aromatic rings. The van der Waals surface area contributed by atoms with E-state index in [9.17, 15) is 0 Å². The topological polar surface area (TPSA) is 52.0 Å². The van der Waals surface area contributed by atoms with Gasteiger partial charge in [-0.05, 0) is 29.0 Å². The molecule has 0 spiro atoms. The molecule has 0 fully saturated rings. The van der Waals surface area contributed by atoms with Crippen LogP contribution < -0.4 is 5.73 Å². The van der Waals surface area contributed by atoms with E-state index in [0.717, 1.165) is 23.3 Å². The number of hydrogen-bond acceptors (Lipinski definition) is 3. The monoisotopic (exact) mass is 292 g/mol. The van der Waals surface area contributed by atoms with Crippen molar-refractivity contribution in [3.8, 4) is 11.1 Å². The standard InChI is InChI=1S/C16H21ClN2O/c1-10(16(2,3)4)8-13-14(15(18)19-20-13)11-6-5-7-12(17)9-11/h5-7,9-10H,8H2,1-4H3,(H2,18,19). The van der Waals surface area contributed by atoms with E-state index in [-0.39, 0.29) is 5.41 Å². The lowest BCUT2D eigenvalue weighted by Crippen LogP contribution is -2.19. The summed E-state index contributed by atoms with van der Waals surface area (Å²) in [5.74, 6) is 1.70. The molecule has 0 saturated carbocycles. The number of aromatic nitrogens is 1. The van der Waals surface area contributed by atoms with E-state index in [2.05, 4.69) is 32.9 Å². The summed E-state index contributed by atoms with van der Waals surface area (Å²) >= 11 is 6.05. The van der Waals surface area contributed by atoms with Crippen molar-refractivity contribution in [3.05, 3.63) is 35.0 Å². The first-order valence-corrected chi connectivity index (χ1v) is 7.17. The van der Waals surface area contributed by atoms with E-state index < -0.39 is 0 Å². The van der Waals surface area contributed by atoms with Crippen molar-refractivity contribution >= 4 is 17.4 Å². The lowest BCUT2D eigenvalue weighted by Gasteiger charge is -2.26. The molecular weight excluding hydrogens is 272 g/mol. The minimum atomic E-state index is 0.202. The summed E-state index contributed by atoms with van der Waals surface area (Å²) in [6.07, 6.45) is 0.801. The summed E-state index contributed by atoms with van der Waals surface area (Å²) in [6, 6.07) is 7.60.